The third-order valence-electron chi connectivity index (χ3n) is 15.9. The first-order valence-electron chi connectivity index (χ1n) is 39.8. The van der Waals surface area contributed by atoms with E-state index in [-0.39, 0.29) is 120 Å². The predicted octanol–water partition coefficient (Wildman–Crippen LogP) is 15.0. The minimum absolute atomic E-state index is 0. The molecule has 0 fully saturated rings. The van der Waals surface area contributed by atoms with Crippen LogP contribution in [0.1, 0.15) is 466 Å². The van der Waals surface area contributed by atoms with Crippen LogP contribution in [0.4, 0.5) is 0 Å². The van der Waals surface area contributed by atoms with Crippen LogP contribution in [0.2, 0.25) is 0 Å². The SMILES string of the molecule is CCCCCCCCCC(=O)[O-].CCCCCCCCCC(=O)[O-].CCCCCCCCCC(=O)[O-].CCCCCCCCCC(=O)[O-].CCCCCCCCCC(=O)[O-].CCCCCCCCCC(=O)[O-].CCCCCCCCCC(=O)[O-].CCCCCCCCCC(=O)[O-].[Mn+2].[Mn+2].[Mn+2].[Mn+2]. The number of unbranched alkanes of at least 4 members (excludes halogenated alkanes) is 48. The zero-order valence-electron chi connectivity index (χ0n) is 65.3. The van der Waals surface area contributed by atoms with Gasteiger partial charge in [-0.2, -0.15) is 0 Å². The molecule has 0 spiro atoms. The Morgan fingerprint density at radius 3 is 0.250 bits per heavy atom. The topological polar surface area (TPSA) is 321 Å². The van der Waals surface area contributed by atoms with E-state index in [4.69, 9.17) is 0 Å². The van der Waals surface area contributed by atoms with Gasteiger partial charge >= 0.3 is 68.3 Å². The fraction of sp³-hybridized carbons (Fsp3) is 0.900. The first kappa shape index (κ1) is 125. The van der Waals surface area contributed by atoms with Gasteiger partial charge in [0.15, 0.2) is 0 Å². The van der Waals surface area contributed by atoms with Gasteiger partial charge in [0.1, 0.15) is 0 Å². The van der Waals surface area contributed by atoms with Gasteiger partial charge in [-0.3, -0.25) is 0 Å². The second kappa shape index (κ2) is 121. The van der Waals surface area contributed by atoms with E-state index in [1.807, 2.05) is 0 Å². The number of carboxylic acid groups (broad SMARTS) is 8. The molecule has 0 aliphatic rings. The van der Waals surface area contributed by atoms with Crippen molar-refractivity contribution in [3.8, 4) is 0 Å². The van der Waals surface area contributed by atoms with Gasteiger partial charge in [-0.15, -0.1) is 0 Å². The van der Waals surface area contributed by atoms with Crippen LogP contribution < -0.4 is 40.9 Å². The standard InChI is InChI=1S/8C10H20O2.4Mn/c8*1-2-3-4-5-6-7-8-9-10(11)12;;;;/h8*2-9H2,1H3,(H,11,12);;;;/q;;;;;;;;4*+2/p-8. The minimum Gasteiger partial charge on any atom is -0.550 e. The Morgan fingerprint density at radius 1 is 0.130 bits per heavy atom. The molecule has 0 saturated heterocycles. The zero-order valence-corrected chi connectivity index (χ0v) is 70.0. The van der Waals surface area contributed by atoms with Gasteiger partial charge in [-0.05, 0) is 103 Å². The van der Waals surface area contributed by atoms with Crippen molar-refractivity contribution < 1.29 is 147 Å². The van der Waals surface area contributed by atoms with Crippen LogP contribution in [0, 0.1) is 0 Å². The second-order valence-electron chi connectivity index (χ2n) is 25.9. The Kier molecular flexibility index (Phi) is 150. The van der Waals surface area contributed by atoms with Crippen LogP contribution in [0.15, 0.2) is 0 Å². The van der Waals surface area contributed by atoms with Gasteiger partial charge in [0.05, 0.1) is 0 Å². The summed E-state index contributed by atoms with van der Waals surface area (Å²) in [6, 6.07) is 0. The maximum absolute atomic E-state index is 10.0. The van der Waals surface area contributed by atoms with E-state index < -0.39 is 47.8 Å². The molecule has 16 nitrogen and oxygen atoms in total. The molecule has 0 heterocycles. The van der Waals surface area contributed by atoms with Crippen LogP contribution in [-0.4, -0.2) is 47.8 Å². The molecule has 0 atom stereocenters. The molecule has 4 radical (unpaired) electrons. The number of rotatable bonds is 64. The third-order valence-corrected chi connectivity index (χ3v) is 15.9. The van der Waals surface area contributed by atoms with Crippen molar-refractivity contribution in [3.05, 3.63) is 0 Å². The molecule has 0 amide bonds. The van der Waals surface area contributed by atoms with Crippen LogP contribution >= 0.6 is 0 Å². The number of hydrogen-bond donors (Lipinski definition) is 0. The second-order valence-corrected chi connectivity index (χ2v) is 25.9. The summed E-state index contributed by atoms with van der Waals surface area (Å²) in [5.74, 6) is -7.31. The fourth-order valence-corrected chi connectivity index (χ4v) is 9.81. The molecule has 0 aromatic carbocycles. The molecule has 0 N–H and O–H groups in total. The van der Waals surface area contributed by atoms with E-state index in [0.717, 1.165) is 103 Å². The number of carbonyl (C=O) groups excluding carboxylic acids is 8. The quantitative estimate of drug-likeness (QED) is 0.0403. The van der Waals surface area contributed by atoms with Crippen molar-refractivity contribution in [1.29, 1.82) is 0 Å². The van der Waals surface area contributed by atoms with Gasteiger partial charge in [0.2, 0.25) is 0 Å². The molecule has 596 valence electrons. The summed E-state index contributed by atoms with van der Waals surface area (Å²) in [5.41, 5.74) is 0. The molecule has 0 aliphatic carbocycles. The fourth-order valence-electron chi connectivity index (χ4n) is 9.81. The molecule has 20 heteroatoms. The van der Waals surface area contributed by atoms with E-state index in [9.17, 15) is 79.2 Å². The average molecular weight is 1590 g/mol. The van der Waals surface area contributed by atoms with Gasteiger partial charge in [0.25, 0.3) is 0 Å². The van der Waals surface area contributed by atoms with Crippen LogP contribution in [-0.2, 0) is 107 Å². The first-order valence-corrected chi connectivity index (χ1v) is 39.8. The van der Waals surface area contributed by atoms with Crippen molar-refractivity contribution in [1.82, 2.24) is 0 Å². The zero-order chi connectivity index (χ0) is 73.9. The smallest absolute Gasteiger partial charge is 0.550 e. The third kappa shape index (κ3) is 177. The summed E-state index contributed by atoms with van der Waals surface area (Å²) in [4.78, 5) is 80.2. The number of hydrogen-bond acceptors (Lipinski definition) is 16. The Morgan fingerprint density at radius 2 is 0.190 bits per heavy atom. The molecule has 0 aromatic heterocycles. The Labute approximate surface area is 657 Å². The molecule has 0 aromatic rings. The molecular weight excluding hydrogens is 1440 g/mol. The predicted molar refractivity (Wildman–Crippen MR) is 381 cm³/mol. The van der Waals surface area contributed by atoms with Crippen molar-refractivity contribution in [2.45, 2.75) is 466 Å². The van der Waals surface area contributed by atoms with Gasteiger partial charge < -0.3 is 79.2 Å². The van der Waals surface area contributed by atoms with Crippen molar-refractivity contribution in [3.63, 3.8) is 0 Å². The summed E-state index contributed by atoms with van der Waals surface area (Å²) >= 11 is 0. The molecule has 0 bridgehead atoms. The molecular formula is C80H152Mn4O16. The monoisotopic (exact) mass is 1590 g/mol. The van der Waals surface area contributed by atoms with E-state index >= 15 is 0 Å². The largest absolute Gasteiger partial charge is 2.00 e. The average Bonchev–Trinajstić information content (AvgIpc) is 3.60. The summed E-state index contributed by atoms with van der Waals surface area (Å²) in [6.07, 6.45) is 66.7. The molecule has 0 unspecified atom stereocenters. The van der Waals surface area contributed by atoms with E-state index in [1.54, 1.807) is 0 Å². The van der Waals surface area contributed by atoms with Crippen molar-refractivity contribution >= 4 is 47.8 Å². The molecule has 0 saturated carbocycles. The minimum atomic E-state index is -0.913. The molecule has 0 aliphatic heterocycles. The van der Waals surface area contributed by atoms with E-state index in [2.05, 4.69) is 55.4 Å². The van der Waals surface area contributed by atoms with Gasteiger partial charge in [-0.1, -0.05) is 364 Å². The van der Waals surface area contributed by atoms with Crippen molar-refractivity contribution in [2.24, 2.45) is 0 Å². The van der Waals surface area contributed by atoms with E-state index in [0.29, 0.717) is 0 Å². The van der Waals surface area contributed by atoms with Crippen LogP contribution in [0.3, 0.4) is 0 Å². The van der Waals surface area contributed by atoms with E-state index in [1.165, 1.54) is 257 Å². The number of aliphatic carboxylic acids is 8. The number of carboxylic acids is 8. The Hall–Kier alpha value is -2.16. The Bertz CT molecular complexity index is 1240. The van der Waals surface area contributed by atoms with Crippen LogP contribution in [0.5, 0.6) is 0 Å². The van der Waals surface area contributed by atoms with Crippen LogP contribution in [0.25, 0.3) is 0 Å². The Balaban J connectivity index is -0.0000000880. The normalized spacial score (nSPS) is 9.68. The summed E-state index contributed by atoms with van der Waals surface area (Å²) in [5, 5.41) is 80.2. The summed E-state index contributed by atoms with van der Waals surface area (Å²) < 4.78 is 0. The van der Waals surface area contributed by atoms with Gasteiger partial charge in [0, 0.05) is 47.8 Å². The van der Waals surface area contributed by atoms with Crippen molar-refractivity contribution in [2.75, 3.05) is 0 Å². The maximum atomic E-state index is 10.0. The first-order chi connectivity index (χ1) is 46.2. The number of carbonyl (C=O) groups is 8. The summed E-state index contributed by atoms with van der Waals surface area (Å²) in [7, 11) is 0. The van der Waals surface area contributed by atoms with Gasteiger partial charge in [-0.25, -0.2) is 0 Å². The molecule has 100 heavy (non-hydrogen) atoms. The summed E-state index contributed by atoms with van der Waals surface area (Å²) in [6.45, 7) is 17.5. The molecule has 0 rings (SSSR count). The maximum Gasteiger partial charge on any atom is 2.00 e.